The molecule has 2 aromatic carbocycles. The summed E-state index contributed by atoms with van der Waals surface area (Å²) in [5, 5.41) is 3.22. The minimum absolute atomic E-state index is 0.0407. The van der Waals surface area contributed by atoms with E-state index < -0.39 is 11.5 Å². The molecule has 1 N–H and O–H groups in total. The molecular weight excluding hydrogens is 574 g/mol. The first kappa shape index (κ1) is 30.3. The fourth-order valence-corrected chi connectivity index (χ4v) is 8.45. The Hall–Kier alpha value is -3.33. The van der Waals surface area contributed by atoms with Crippen LogP contribution in [0.1, 0.15) is 87.8 Å². The number of amides is 4. The molecule has 2 saturated carbocycles. The molecule has 3 heterocycles. The second kappa shape index (κ2) is 12.1. The predicted molar refractivity (Wildman–Crippen MR) is 166 cm³/mol. The zero-order valence-corrected chi connectivity index (χ0v) is 25.9. The van der Waals surface area contributed by atoms with E-state index >= 15 is 0 Å². The van der Waals surface area contributed by atoms with E-state index in [1.54, 1.807) is 0 Å². The van der Waals surface area contributed by atoms with Gasteiger partial charge in [0.1, 0.15) is 5.54 Å². The number of hydrogen-bond acceptors (Lipinski definition) is 4. The summed E-state index contributed by atoms with van der Waals surface area (Å²) in [7, 11) is 0. The van der Waals surface area contributed by atoms with Gasteiger partial charge in [-0.1, -0.05) is 60.7 Å². The number of nitrogens with one attached hydrogen (secondary N) is 1. The summed E-state index contributed by atoms with van der Waals surface area (Å²) in [6, 6.07) is 19.7. The van der Waals surface area contributed by atoms with Gasteiger partial charge in [0.05, 0.1) is 12.6 Å². The predicted octanol–water partition coefficient (Wildman–Crippen LogP) is 6.30. The number of fused-ring (bicyclic) bond motifs is 2. The minimum atomic E-state index is -2.67. The van der Waals surface area contributed by atoms with Crippen LogP contribution in [0.25, 0.3) is 0 Å². The van der Waals surface area contributed by atoms with Crippen LogP contribution in [-0.4, -0.2) is 69.2 Å². The molecule has 1 spiro atoms. The van der Waals surface area contributed by atoms with Crippen LogP contribution in [0.5, 0.6) is 0 Å². The Morgan fingerprint density at radius 3 is 2.11 bits per heavy atom. The van der Waals surface area contributed by atoms with Crippen molar-refractivity contribution in [2.75, 3.05) is 13.1 Å². The van der Waals surface area contributed by atoms with E-state index in [4.69, 9.17) is 0 Å². The molecule has 3 saturated heterocycles. The molecule has 45 heavy (non-hydrogen) atoms. The van der Waals surface area contributed by atoms with Gasteiger partial charge in [-0.25, -0.2) is 13.6 Å². The Morgan fingerprint density at radius 2 is 1.49 bits per heavy atom. The van der Waals surface area contributed by atoms with Gasteiger partial charge < -0.3 is 10.2 Å². The van der Waals surface area contributed by atoms with Gasteiger partial charge in [-0.05, 0) is 74.8 Å². The van der Waals surface area contributed by atoms with Crippen LogP contribution in [0.3, 0.4) is 0 Å². The highest BCUT2D eigenvalue weighted by Crippen LogP contribution is 2.49. The third kappa shape index (κ3) is 6.12. The van der Waals surface area contributed by atoms with E-state index in [1.165, 1.54) is 4.90 Å². The quantitative estimate of drug-likeness (QED) is 0.318. The lowest BCUT2D eigenvalue weighted by Gasteiger charge is -2.47. The number of carbonyl (C=O) groups is 3. The Bertz CT molecular complexity index is 1380. The highest BCUT2D eigenvalue weighted by molar-refractivity contribution is 6.07. The highest BCUT2D eigenvalue weighted by atomic mass is 19.3. The molecule has 2 aliphatic carbocycles. The second-order valence-corrected chi connectivity index (χ2v) is 14.2. The summed E-state index contributed by atoms with van der Waals surface area (Å²) in [4.78, 5) is 47.3. The van der Waals surface area contributed by atoms with Crippen LogP contribution in [0.2, 0.25) is 0 Å². The average molecular weight is 619 g/mol. The molecule has 2 aromatic rings. The van der Waals surface area contributed by atoms with Crippen LogP contribution in [0, 0.1) is 11.8 Å². The Morgan fingerprint density at radius 1 is 0.867 bits per heavy atom. The van der Waals surface area contributed by atoms with Crippen molar-refractivity contribution in [1.82, 2.24) is 20.0 Å². The molecule has 2 bridgehead atoms. The molecule has 0 aromatic heterocycles. The molecule has 3 atom stereocenters. The number of carbonyl (C=O) groups excluding carboxylic acids is 3. The normalized spacial score (nSPS) is 29.0. The first-order chi connectivity index (χ1) is 21.7. The van der Waals surface area contributed by atoms with E-state index in [0.717, 1.165) is 43.4 Å². The van der Waals surface area contributed by atoms with Crippen molar-refractivity contribution in [2.24, 2.45) is 11.8 Å². The molecule has 5 aliphatic rings. The number of halogens is 2. The van der Waals surface area contributed by atoms with Gasteiger partial charge >= 0.3 is 6.03 Å². The third-order valence-electron chi connectivity index (χ3n) is 11.1. The molecule has 7 rings (SSSR count). The van der Waals surface area contributed by atoms with Crippen molar-refractivity contribution < 1.29 is 23.2 Å². The van der Waals surface area contributed by atoms with Gasteiger partial charge in [-0.2, -0.15) is 0 Å². The molecule has 240 valence electrons. The van der Waals surface area contributed by atoms with E-state index in [1.807, 2.05) is 65.6 Å². The number of alkyl halides is 2. The van der Waals surface area contributed by atoms with E-state index in [2.05, 4.69) is 10.2 Å². The molecule has 9 heteroatoms. The first-order valence-electron chi connectivity index (χ1n) is 16.9. The van der Waals surface area contributed by atoms with Crippen molar-refractivity contribution >= 4 is 17.8 Å². The fourth-order valence-electron chi connectivity index (χ4n) is 8.45. The standard InChI is InChI=1S/C36H44F2N4O3/c37-36(38)18-15-28(16-19-36)32(43)39-31(27-9-5-2-6-10-27)17-20-40-29-13-14-30(40)22-35(21-29)33(44)41(23-25-7-3-1-4-8-25)34(45)42(35)24-26-11-12-26/h1-10,26,28-31H,11-24H2,(H,39,43)/t29?,30?,31-,35?/m0/s1. The van der Waals surface area contributed by atoms with Crippen molar-refractivity contribution in [3.63, 3.8) is 0 Å². The molecule has 2 unspecified atom stereocenters. The van der Waals surface area contributed by atoms with Gasteiger partial charge in [0, 0.05) is 43.9 Å². The number of hydrogen-bond donors (Lipinski definition) is 1. The summed E-state index contributed by atoms with van der Waals surface area (Å²) >= 11 is 0. The van der Waals surface area contributed by atoms with Crippen LogP contribution in [0.15, 0.2) is 60.7 Å². The maximum absolute atomic E-state index is 14.2. The van der Waals surface area contributed by atoms with Gasteiger partial charge in [-0.15, -0.1) is 0 Å². The summed E-state index contributed by atoms with van der Waals surface area (Å²) < 4.78 is 27.5. The molecule has 7 nitrogen and oxygen atoms in total. The molecule has 0 radical (unpaired) electrons. The van der Waals surface area contributed by atoms with E-state index in [-0.39, 0.29) is 67.6 Å². The molecule has 4 amide bonds. The topological polar surface area (TPSA) is 73.0 Å². The number of piperidine rings is 1. The van der Waals surface area contributed by atoms with Crippen molar-refractivity contribution in [2.45, 2.75) is 107 Å². The lowest BCUT2D eigenvalue weighted by molar-refractivity contribution is -0.138. The number of urea groups is 1. The number of rotatable bonds is 10. The summed E-state index contributed by atoms with van der Waals surface area (Å²) in [5.41, 5.74) is 1.18. The van der Waals surface area contributed by atoms with Crippen LogP contribution >= 0.6 is 0 Å². The zero-order valence-electron chi connectivity index (χ0n) is 25.9. The fraction of sp³-hybridized carbons (Fsp3) is 0.583. The average Bonchev–Trinajstić information content (AvgIpc) is 3.81. The van der Waals surface area contributed by atoms with Crippen molar-refractivity contribution in [1.29, 1.82) is 0 Å². The Kier molecular flexibility index (Phi) is 8.17. The number of imide groups is 1. The number of benzene rings is 2. The molecule has 5 fully saturated rings. The third-order valence-corrected chi connectivity index (χ3v) is 11.1. The summed E-state index contributed by atoms with van der Waals surface area (Å²) in [6.45, 7) is 1.72. The largest absolute Gasteiger partial charge is 0.349 e. The Balaban J connectivity index is 1.06. The van der Waals surface area contributed by atoms with Gasteiger partial charge in [0.15, 0.2) is 0 Å². The van der Waals surface area contributed by atoms with Crippen LogP contribution < -0.4 is 5.32 Å². The molecule has 3 aliphatic heterocycles. The molecular formula is C36H44F2N4O3. The minimum Gasteiger partial charge on any atom is -0.349 e. The van der Waals surface area contributed by atoms with E-state index in [9.17, 15) is 23.2 Å². The van der Waals surface area contributed by atoms with E-state index in [0.29, 0.717) is 38.3 Å². The van der Waals surface area contributed by atoms with Crippen molar-refractivity contribution in [3.05, 3.63) is 71.8 Å². The monoisotopic (exact) mass is 618 g/mol. The zero-order chi connectivity index (χ0) is 31.2. The second-order valence-electron chi connectivity index (χ2n) is 14.2. The van der Waals surface area contributed by atoms with Gasteiger partial charge in [0.2, 0.25) is 11.8 Å². The maximum atomic E-state index is 14.2. The first-order valence-corrected chi connectivity index (χ1v) is 16.9. The summed E-state index contributed by atoms with van der Waals surface area (Å²) in [6.07, 6.45) is 6.14. The maximum Gasteiger partial charge on any atom is 0.327 e. The lowest BCUT2D eigenvalue weighted by Crippen LogP contribution is -2.60. The Labute approximate surface area is 264 Å². The van der Waals surface area contributed by atoms with Crippen LogP contribution in [0.4, 0.5) is 13.6 Å². The SMILES string of the molecule is O=C(N[C@@H](CCN1C2CCC1CC1(C2)C(=O)N(Cc2ccccc2)C(=O)N1CC1CC1)c1ccccc1)C1CCC(F)(F)CC1. The van der Waals surface area contributed by atoms with Gasteiger partial charge in [0.25, 0.3) is 5.91 Å². The van der Waals surface area contributed by atoms with Crippen molar-refractivity contribution in [3.8, 4) is 0 Å². The highest BCUT2D eigenvalue weighted by Gasteiger charge is 2.63. The van der Waals surface area contributed by atoms with Crippen LogP contribution in [-0.2, 0) is 16.1 Å². The summed E-state index contributed by atoms with van der Waals surface area (Å²) in [5.74, 6) is -2.75. The lowest BCUT2D eigenvalue weighted by atomic mass is 9.80. The van der Waals surface area contributed by atoms with Gasteiger partial charge in [-0.3, -0.25) is 19.4 Å². The smallest absolute Gasteiger partial charge is 0.327 e. The number of nitrogens with zero attached hydrogens (tertiary/aromatic N) is 3.